The molecule has 0 unspecified atom stereocenters. The summed E-state index contributed by atoms with van der Waals surface area (Å²) >= 11 is 0. The molecule has 2 aromatic heterocycles. The fourth-order valence-corrected chi connectivity index (χ4v) is 4.23. The number of fused-ring (bicyclic) bond motifs is 1. The van der Waals surface area contributed by atoms with Gasteiger partial charge in [0.2, 0.25) is 0 Å². The van der Waals surface area contributed by atoms with Crippen LogP contribution in [-0.2, 0) is 11.3 Å². The Morgan fingerprint density at radius 2 is 1.85 bits per heavy atom. The van der Waals surface area contributed by atoms with Gasteiger partial charge in [-0.15, -0.1) is 0 Å². The number of aryl methyl sites for hydroxylation is 1. The van der Waals surface area contributed by atoms with Crippen molar-refractivity contribution in [3.63, 3.8) is 0 Å². The quantitative estimate of drug-likeness (QED) is 0.0960. The summed E-state index contributed by atoms with van der Waals surface area (Å²) in [5.41, 5.74) is 9.47. The number of hydrogen-bond acceptors (Lipinski definition) is 9. The average molecular weight is 534 g/mol. The number of pyridine rings is 1. The lowest BCUT2D eigenvalue weighted by atomic mass is 10.1. The van der Waals surface area contributed by atoms with E-state index in [1.165, 1.54) is 0 Å². The number of ether oxygens (including phenoxy) is 2. The molecule has 0 saturated heterocycles. The standard InChI is InChI=1S/C31H31N7O2/c1-21-16-25(9-11-28(21)38-32-2)35-31-27-18-26(40-15-14-39-3)10-12-29(27)36-30(37-31)23-7-4-8-24(17-23)34-20-22-6-5-13-33-19-22/h4-13,16-19,34,38H,2,14-15,20H2,1,3H3,(H,35,36,37). The minimum Gasteiger partial charge on any atom is -0.491 e. The largest absolute Gasteiger partial charge is 0.491 e. The highest BCUT2D eigenvalue weighted by molar-refractivity contribution is 5.93. The van der Waals surface area contributed by atoms with E-state index in [4.69, 9.17) is 19.4 Å². The lowest BCUT2D eigenvalue weighted by Crippen LogP contribution is -2.05. The second-order valence-electron chi connectivity index (χ2n) is 9.14. The monoisotopic (exact) mass is 533 g/mol. The number of methoxy groups -OCH3 is 1. The summed E-state index contributed by atoms with van der Waals surface area (Å²) < 4.78 is 11.0. The smallest absolute Gasteiger partial charge is 0.162 e. The summed E-state index contributed by atoms with van der Waals surface area (Å²) in [6, 6.07) is 23.8. The van der Waals surface area contributed by atoms with Gasteiger partial charge in [-0.05, 0) is 72.6 Å². The predicted octanol–water partition coefficient (Wildman–Crippen LogP) is 6.41. The van der Waals surface area contributed by atoms with Gasteiger partial charge in [0.05, 0.1) is 17.8 Å². The molecule has 0 aliphatic rings. The van der Waals surface area contributed by atoms with Gasteiger partial charge in [-0.3, -0.25) is 10.4 Å². The zero-order chi connectivity index (χ0) is 27.7. The van der Waals surface area contributed by atoms with E-state index in [0.29, 0.717) is 31.4 Å². The van der Waals surface area contributed by atoms with Crippen molar-refractivity contribution in [2.75, 3.05) is 36.4 Å². The Morgan fingerprint density at radius 1 is 0.925 bits per heavy atom. The van der Waals surface area contributed by atoms with Gasteiger partial charge in [0.1, 0.15) is 18.2 Å². The predicted molar refractivity (Wildman–Crippen MR) is 162 cm³/mol. The van der Waals surface area contributed by atoms with Gasteiger partial charge in [0.25, 0.3) is 0 Å². The van der Waals surface area contributed by atoms with Gasteiger partial charge in [0, 0.05) is 55.1 Å². The highest BCUT2D eigenvalue weighted by atomic mass is 16.5. The highest BCUT2D eigenvalue weighted by Gasteiger charge is 2.13. The molecule has 0 bridgehead atoms. The fraction of sp³-hybridized carbons (Fsp3) is 0.161. The maximum atomic E-state index is 5.87. The SMILES string of the molecule is C=NNc1ccc(Nc2nc(-c3cccc(NCc4cccnc4)c3)nc3ccc(OCCOC)cc23)cc1C. The number of hydrogen-bond donors (Lipinski definition) is 3. The van der Waals surface area contributed by atoms with Crippen molar-refractivity contribution in [2.45, 2.75) is 13.5 Å². The molecule has 0 aliphatic heterocycles. The summed E-state index contributed by atoms with van der Waals surface area (Å²) in [5.74, 6) is 2.00. The second-order valence-corrected chi connectivity index (χ2v) is 9.14. The van der Waals surface area contributed by atoms with Crippen LogP contribution in [0.4, 0.5) is 22.9 Å². The van der Waals surface area contributed by atoms with Crippen molar-refractivity contribution >= 4 is 40.5 Å². The molecule has 202 valence electrons. The van der Waals surface area contributed by atoms with Gasteiger partial charge in [-0.2, -0.15) is 5.10 Å². The lowest BCUT2D eigenvalue weighted by Gasteiger charge is -2.14. The van der Waals surface area contributed by atoms with Crippen LogP contribution in [0.3, 0.4) is 0 Å². The number of hydrazone groups is 1. The Kier molecular flexibility index (Phi) is 8.43. The van der Waals surface area contributed by atoms with Crippen LogP contribution in [0.2, 0.25) is 0 Å². The molecule has 9 nitrogen and oxygen atoms in total. The third-order valence-electron chi connectivity index (χ3n) is 6.25. The van der Waals surface area contributed by atoms with E-state index in [1.807, 2.05) is 79.9 Å². The van der Waals surface area contributed by atoms with Crippen LogP contribution < -0.4 is 20.8 Å². The molecule has 0 spiro atoms. The molecule has 5 rings (SSSR count). The Hall–Kier alpha value is -5.02. The zero-order valence-electron chi connectivity index (χ0n) is 22.5. The van der Waals surface area contributed by atoms with Crippen molar-refractivity contribution in [3.05, 3.63) is 96.3 Å². The second kappa shape index (κ2) is 12.7. The number of anilines is 4. The number of aromatic nitrogens is 3. The molecule has 5 aromatic rings. The minimum atomic E-state index is 0.452. The summed E-state index contributed by atoms with van der Waals surface area (Å²) in [6.45, 7) is 7.14. The summed E-state index contributed by atoms with van der Waals surface area (Å²) in [5, 5.41) is 11.6. The Labute approximate surface area is 233 Å². The molecule has 0 radical (unpaired) electrons. The van der Waals surface area contributed by atoms with Gasteiger partial charge >= 0.3 is 0 Å². The molecular weight excluding hydrogens is 502 g/mol. The van der Waals surface area contributed by atoms with E-state index in [1.54, 1.807) is 13.3 Å². The lowest BCUT2D eigenvalue weighted by molar-refractivity contribution is 0.146. The van der Waals surface area contributed by atoms with Crippen molar-refractivity contribution < 1.29 is 9.47 Å². The Balaban J connectivity index is 1.50. The van der Waals surface area contributed by atoms with Crippen LogP contribution in [0.5, 0.6) is 5.75 Å². The maximum Gasteiger partial charge on any atom is 0.162 e. The van der Waals surface area contributed by atoms with Crippen LogP contribution >= 0.6 is 0 Å². The maximum absolute atomic E-state index is 5.87. The van der Waals surface area contributed by atoms with E-state index in [-0.39, 0.29) is 0 Å². The van der Waals surface area contributed by atoms with Gasteiger partial charge in [-0.1, -0.05) is 18.2 Å². The fourth-order valence-electron chi connectivity index (χ4n) is 4.23. The third-order valence-corrected chi connectivity index (χ3v) is 6.25. The zero-order valence-corrected chi connectivity index (χ0v) is 22.5. The third kappa shape index (κ3) is 6.51. The first-order chi connectivity index (χ1) is 19.6. The molecule has 0 fully saturated rings. The Morgan fingerprint density at radius 3 is 2.65 bits per heavy atom. The molecule has 0 aliphatic carbocycles. The van der Waals surface area contributed by atoms with Gasteiger partial charge in [-0.25, -0.2) is 9.97 Å². The van der Waals surface area contributed by atoms with Crippen molar-refractivity contribution in [1.29, 1.82) is 0 Å². The van der Waals surface area contributed by atoms with Crippen LogP contribution in [0, 0.1) is 6.92 Å². The van der Waals surface area contributed by atoms with E-state index < -0.39 is 0 Å². The summed E-state index contributed by atoms with van der Waals surface area (Å²) in [7, 11) is 1.65. The molecule has 3 N–H and O–H groups in total. The molecule has 0 saturated carbocycles. The average Bonchev–Trinajstić information content (AvgIpc) is 2.98. The van der Waals surface area contributed by atoms with E-state index in [2.05, 4.69) is 38.9 Å². The normalized spacial score (nSPS) is 10.8. The van der Waals surface area contributed by atoms with Crippen molar-refractivity contribution in [1.82, 2.24) is 15.0 Å². The number of benzene rings is 3. The van der Waals surface area contributed by atoms with Crippen LogP contribution in [0.25, 0.3) is 22.3 Å². The van der Waals surface area contributed by atoms with E-state index in [9.17, 15) is 0 Å². The van der Waals surface area contributed by atoms with E-state index >= 15 is 0 Å². The van der Waals surface area contributed by atoms with Crippen LogP contribution in [0.15, 0.2) is 90.3 Å². The first-order valence-corrected chi connectivity index (χ1v) is 12.9. The minimum absolute atomic E-state index is 0.452. The van der Waals surface area contributed by atoms with E-state index in [0.717, 1.165) is 50.4 Å². The van der Waals surface area contributed by atoms with Crippen LogP contribution in [-0.4, -0.2) is 42.0 Å². The molecule has 2 heterocycles. The van der Waals surface area contributed by atoms with Crippen LogP contribution in [0.1, 0.15) is 11.1 Å². The number of nitrogens with zero attached hydrogens (tertiary/aromatic N) is 4. The Bertz CT molecular complexity index is 1610. The van der Waals surface area contributed by atoms with Gasteiger partial charge in [0.15, 0.2) is 5.82 Å². The molecule has 0 atom stereocenters. The van der Waals surface area contributed by atoms with Crippen molar-refractivity contribution in [2.24, 2.45) is 5.10 Å². The molecule has 9 heteroatoms. The first kappa shape index (κ1) is 26.6. The van der Waals surface area contributed by atoms with Gasteiger partial charge < -0.3 is 20.1 Å². The molecule has 40 heavy (non-hydrogen) atoms. The summed E-state index contributed by atoms with van der Waals surface area (Å²) in [6.07, 6.45) is 3.62. The molecule has 0 amide bonds. The number of nitrogens with one attached hydrogen (secondary N) is 3. The highest BCUT2D eigenvalue weighted by Crippen LogP contribution is 2.32. The number of rotatable bonds is 12. The molecule has 3 aromatic carbocycles. The summed E-state index contributed by atoms with van der Waals surface area (Å²) in [4.78, 5) is 14.1. The molecular formula is C31H31N7O2. The van der Waals surface area contributed by atoms with Crippen molar-refractivity contribution in [3.8, 4) is 17.1 Å². The first-order valence-electron chi connectivity index (χ1n) is 12.9. The topological polar surface area (TPSA) is 106 Å².